The highest BCUT2D eigenvalue weighted by Crippen LogP contribution is 2.31. The largest absolute Gasteiger partial charge is 0.497 e. The highest BCUT2D eigenvalue weighted by atomic mass is 32.2. The number of rotatable bonds is 4. The van der Waals surface area contributed by atoms with E-state index in [1.807, 2.05) is 0 Å². The van der Waals surface area contributed by atoms with E-state index < -0.39 is 10.0 Å². The van der Waals surface area contributed by atoms with Crippen molar-refractivity contribution in [3.63, 3.8) is 0 Å². The van der Waals surface area contributed by atoms with Crippen molar-refractivity contribution in [1.82, 2.24) is 0 Å². The molecule has 1 aliphatic rings. The van der Waals surface area contributed by atoms with E-state index in [1.165, 1.54) is 10.6 Å². The van der Waals surface area contributed by atoms with E-state index in [0.717, 1.165) is 5.56 Å². The second-order valence-electron chi connectivity index (χ2n) is 5.61. The molecular formula is C17H18N2O4S. The third-order valence-corrected chi connectivity index (χ3v) is 5.11. The number of hydrogen-bond donors (Lipinski definition) is 1. The zero-order valence-electron chi connectivity index (χ0n) is 13.4. The molecular weight excluding hydrogens is 328 g/mol. The van der Waals surface area contributed by atoms with Gasteiger partial charge in [0.25, 0.3) is 5.91 Å². The number of nitrogens with one attached hydrogen (secondary N) is 1. The van der Waals surface area contributed by atoms with Gasteiger partial charge in [0.05, 0.1) is 19.1 Å². The van der Waals surface area contributed by atoms with Crippen molar-refractivity contribution in [3.05, 3.63) is 53.6 Å². The monoisotopic (exact) mass is 346 g/mol. The minimum Gasteiger partial charge on any atom is -0.497 e. The number of anilines is 2. The molecule has 1 heterocycles. The molecule has 1 aliphatic heterocycles. The summed E-state index contributed by atoms with van der Waals surface area (Å²) < 4.78 is 30.2. The van der Waals surface area contributed by atoms with Crippen LogP contribution in [-0.2, 0) is 16.4 Å². The van der Waals surface area contributed by atoms with Gasteiger partial charge in [0, 0.05) is 23.9 Å². The molecule has 0 aliphatic carbocycles. The Morgan fingerprint density at radius 3 is 2.71 bits per heavy atom. The van der Waals surface area contributed by atoms with Crippen molar-refractivity contribution in [2.24, 2.45) is 0 Å². The first-order chi connectivity index (χ1) is 11.4. The van der Waals surface area contributed by atoms with E-state index in [0.29, 0.717) is 35.7 Å². The van der Waals surface area contributed by atoms with Crippen molar-refractivity contribution in [2.45, 2.75) is 6.42 Å². The molecule has 1 amide bonds. The van der Waals surface area contributed by atoms with Gasteiger partial charge in [0.15, 0.2) is 0 Å². The lowest BCUT2D eigenvalue weighted by atomic mass is 10.1. The first-order valence-corrected chi connectivity index (χ1v) is 9.29. The molecule has 7 heteroatoms. The molecule has 0 unspecified atom stereocenters. The van der Waals surface area contributed by atoms with Crippen molar-refractivity contribution >= 4 is 27.3 Å². The number of carbonyl (C=O) groups excluding carboxylic acids is 1. The van der Waals surface area contributed by atoms with Gasteiger partial charge in [-0.2, -0.15) is 0 Å². The number of fused-ring (bicyclic) bond motifs is 1. The molecule has 24 heavy (non-hydrogen) atoms. The number of hydrogen-bond acceptors (Lipinski definition) is 4. The molecule has 3 rings (SSSR count). The summed E-state index contributed by atoms with van der Waals surface area (Å²) in [7, 11) is -1.78. The number of sulfonamides is 1. The molecule has 126 valence electrons. The van der Waals surface area contributed by atoms with Gasteiger partial charge in [0.2, 0.25) is 10.0 Å². The van der Waals surface area contributed by atoms with Gasteiger partial charge in [0.1, 0.15) is 5.75 Å². The second kappa shape index (κ2) is 6.16. The fourth-order valence-corrected chi connectivity index (χ4v) is 3.69. The van der Waals surface area contributed by atoms with E-state index >= 15 is 0 Å². The Bertz CT molecular complexity index is 893. The molecule has 0 radical (unpaired) electrons. The number of nitrogens with zero attached hydrogens (tertiary/aromatic N) is 1. The third-order valence-electron chi connectivity index (χ3n) is 3.93. The molecule has 0 spiro atoms. The molecule has 2 aromatic rings. The molecule has 0 fully saturated rings. The van der Waals surface area contributed by atoms with Gasteiger partial charge in [-0.1, -0.05) is 12.1 Å². The van der Waals surface area contributed by atoms with Crippen LogP contribution in [-0.4, -0.2) is 34.2 Å². The Morgan fingerprint density at radius 2 is 2.00 bits per heavy atom. The van der Waals surface area contributed by atoms with Crippen LogP contribution < -0.4 is 14.4 Å². The van der Waals surface area contributed by atoms with E-state index in [-0.39, 0.29) is 5.91 Å². The van der Waals surface area contributed by atoms with Crippen LogP contribution in [0.2, 0.25) is 0 Å². The number of amides is 1. The number of carbonyl (C=O) groups is 1. The summed E-state index contributed by atoms with van der Waals surface area (Å²) in [4.78, 5) is 12.5. The van der Waals surface area contributed by atoms with Gasteiger partial charge < -0.3 is 10.1 Å². The Kier molecular flexibility index (Phi) is 4.19. The Hall–Kier alpha value is -2.54. The normalized spacial score (nSPS) is 13.5. The quantitative estimate of drug-likeness (QED) is 0.921. The summed E-state index contributed by atoms with van der Waals surface area (Å²) in [6.07, 6.45) is 1.82. The van der Waals surface area contributed by atoms with E-state index in [2.05, 4.69) is 5.32 Å². The van der Waals surface area contributed by atoms with Crippen LogP contribution in [0.3, 0.4) is 0 Å². The molecule has 2 aromatic carbocycles. The molecule has 0 bridgehead atoms. The Morgan fingerprint density at radius 1 is 1.21 bits per heavy atom. The number of ether oxygens (including phenoxy) is 1. The summed E-state index contributed by atoms with van der Waals surface area (Å²) in [5.41, 5.74) is 2.53. The SMILES string of the molecule is COc1cccc(NC(=O)c2ccc3c(c2)N(S(C)(=O)=O)CC3)c1. The standard InChI is InChI=1S/C17H18N2O4S/c1-23-15-5-3-4-14(11-15)18-17(20)13-7-6-12-8-9-19(16(12)10-13)24(2,21)22/h3-7,10-11H,8-9H2,1-2H3,(H,18,20). The van der Waals surface area contributed by atoms with E-state index in [4.69, 9.17) is 4.74 Å². The molecule has 6 nitrogen and oxygen atoms in total. The van der Waals surface area contributed by atoms with Gasteiger partial charge in [-0.05, 0) is 36.2 Å². The predicted molar refractivity (Wildman–Crippen MR) is 93.3 cm³/mol. The highest BCUT2D eigenvalue weighted by Gasteiger charge is 2.27. The summed E-state index contributed by atoms with van der Waals surface area (Å²) in [5, 5.41) is 2.79. The maximum absolute atomic E-state index is 12.5. The van der Waals surface area contributed by atoms with Crippen molar-refractivity contribution in [3.8, 4) is 5.75 Å². The molecule has 0 atom stereocenters. The summed E-state index contributed by atoms with van der Waals surface area (Å²) in [6.45, 7) is 0.412. The Labute approximate surface area is 141 Å². The van der Waals surface area contributed by atoms with Crippen LogP contribution in [0.25, 0.3) is 0 Å². The minimum atomic E-state index is -3.34. The van der Waals surface area contributed by atoms with Gasteiger partial charge in [-0.3, -0.25) is 9.10 Å². The zero-order valence-corrected chi connectivity index (χ0v) is 14.3. The van der Waals surface area contributed by atoms with E-state index in [1.54, 1.807) is 49.6 Å². The third kappa shape index (κ3) is 3.21. The van der Waals surface area contributed by atoms with Crippen LogP contribution in [0, 0.1) is 0 Å². The second-order valence-corrected chi connectivity index (χ2v) is 7.52. The summed E-state index contributed by atoms with van der Waals surface area (Å²) in [5.74, 6) is 0.344. The van der Waals surface area contributed by atoms with Crippen LogP contribution in [0.4, 0.5) is 11.4 Å². The average molecular weight is 346 g/mol. The van der Waals surface area contributed by atoms with Gasteiger partial charge in [-0.25, -0.2) is 8.42 Å². The molecule has 0 saturated carbocycles. The van der Waals surface area contributed by atoms with Crippen LogP contribution in [0.15, 0.2) is 42.5 Å². The topological polar surface area (TPSA) is 75.7 Å². The summed E-state index contributed by atoms with van der Waals surface area (Å²) in [6, 6.07) is 12.2. The fourth-order valence-electron chi connectivity index (χ4n) is 2.74. The van der Waals surface area contributed by atoms with E-state index in [9.17, 15) is 13.2 Å². The summed E-state index contributed by atoms with van der Waals surface area (Å²) >= 11 is 0. The van der Waals surface area contributed by atoms with Gasteiger partial charge in [-0.15, -0.1) is 0 Å². The fraction of sp³-hybridized carbons (Fsp3) is 0.235. The lowest BCUT2D eigenvalue weighted by Crippen LogP contribution is -2.27. The molecule has 0 aromatic heterocycles. The van der Waals surface area contributed by atoms with Crippen LogP contribution in [0.5, 0.6) is 5.75 Å². The smallest absolute Gasteiger partial charge is 0.255 e. The average Bonchev–Trinajstić information content (AvgIpc) is 2.98. The first kappa shape index (κ1) is 16.3. The Balaban J connectivity index is 1.86. The lowest BCUT2D eigenvalue weighted by molar-refractivity contribution is 0.102. The maximum atomic E-state index is 12.5. The van der Waals surface area contributed by atoms with Crippen molar-refractivity contribution in [2.75, 3.05) is 29.5 Å². The highest BCUT2D eigenvalue weighted by molar-refractivity contribution is 7.92. The number of methoxy groups -OCH3 is 1. The molecule has 1 N–H and O–H groups in total. The predicted octanol–water partition coefficient (Wildman–Crippen LogP) is 2.27. The maximum Gasteiger partial charge on any atom is 0.255 e. The van der Waals surface area contributed by atoms with Crippen LogP contribution >= 0.6 is 0 Å². The number of benzene rings is 2. The first-order valence-electron chi connectivity index (χ1n) is 7.44. The lowest BCUT2D eigenvalue weighted by Gasteiger charge is -2.17. The van der Waals surface area contributed by atoms with Crippen molar-refractivity contribution < 1.29 is 17.9 Å². The minimum absolute atomic E-state index is 0.300. The zero-order chi connectivity index (χ0) is 17.3. The molecule has 0 saturated heterocycles. The van der Waals surface area contributed by atoms with Crippen molar-refractivity contribution in [1.29, 1.82) is 0 Å². The van der Waals surface area contributed by atoms with Crippen LogP contribution in [0.1, 0.15) is 15.9 Å². The van der Waals surface area contributed by atoms with Gasteiger partial charge >= 0.3 is 0 Å².